The van der Waals surface area contributed by atoms with Crippen molar-refractivity contribution in [2.75, 3.05) is 0 Å². The monoisotopic (exact) mass is 166 g/mol. The summed E-state index contributed by atoms with van der Waals surface area (Å²) in [4.78, 5) is 0. The molecule has 0 saturated heterocycles. The van der Waals surface area contributed by atoms with Gasteiger partial charge in [-0.3, -0.25) is 0 Å². The van der Waals surface area contributed by atoms with E-state index in [0.717, 1.165) is 0 Å². The van der Waals surface area contributed by atoms with E-state index in [-0.39, 0.29) is 0 Å². The Balaban J connectivity index is 0.000000128. The molecular weight excluding hydrogens is 153 g/mol. The van der Waals surface area contributed by atoms with Gasteiger partial charge in [-0.15, -0.1) is 0 Å². The van der Waals surface area contributed by atoms with E-state index in [2.05, 4.69) is 0 Å². The van der Waals surface area contributed by atoms with E-state index in [1.165, 1.54) is 25.7 Å². The van der Waals surface area contributed by atoms with E-state index in [9.17, 15) is 13.2 Å². The Bertz CT molecular complexity index is 107. The van der Waals surface area contributed by atoms with Gasteiger partial charge in [-0.05, 0) is 0 Å². The number of halogens is 3. The summed E-state index contributed by atoms with van der Waals surface area (Å²) in [6, 6.07) is 0. The molecule has 0 nitrogen and oxygen atoms in total. The van der Waals surface area contributed by atoms with Crippen LogP contribution in [0.3, 0.4) is 0 Å². The third kappa shape index (κ3) is 3.12. The van der Waals surface area contributed by atoms with Crippen molar-refractivity contribution in [1.29, 1.82) is 0 Å². The molecular formula is C8H13F3. The molecule has 0 spiro atoms. The molecule has 0 aromatic carbocycles. The summed E-state index contributed by atoms with van der Waals surface area (Å²) in [5.74, 6) is -2.68. The van der Waals surface area contributed by atoms with Crippen molar-refractivity contribution in [2.45, 2.75) is 50.6 Å². The van der Waals surface area contributed by atoms with E-state index in [1.54, 1.807) is 0 Å². The Morgan fingerprint density at radius 2 is 1.27 bits per heavy atom. The van der Waals surface area contributed by atoms with Gasteiger partial charge in [0.05, 0.1) is 0 Å². The second-order valence-electron chi connectivity index (χ2n) is 3.28. The molecule has 66 valence electrons. The van der Waals surface area contributed by atoms with Crippen LogP contribution < -0.4 is 0 Å². The molecule has 0 amide bonds. The molecule has 0 aromatic rings. The molecule has 2 aliphatic rings. The predicted molar refractivity (Wildman–Crippen MR) is 37.5 cm³/mol. The Kier molecular flexibility index (Phi) is 2.79. The Hall–Kier alpha value is -0.210. The highest BCUT2D eigenvalue weighted by atomic mass is 19.3. The number of hydrogen-bond acceptors (Lipinski definition) is 0. The van der Waals surface area contributed by atoms with Gasteiger partial charge < -0.3 is 0 Å². The van der Waals surface area contributed by atoms with Crippen LogP contribution in [0.5, 0.6) is 0 Å². The van der Waals surface area contributed by atoms with Crippen molar-refractivity contribution in [3.63, 3.8) is 0 Å². The normalized spacial score (nSPS) is 27.5. The zero-order valence-corrected chi connectivity index (χ0v) is 6.45. The minimum Gasteiger partial charge on any atom is -0.247 e. The Morgan fingerprint density at radius 1 is 0.909 bits per heavy atom. The van der Waals surface area contributed by atoms with Crippen LogP contribution in [-0.2, 0) is 0 Å². The molecule has 0 atom stereocenters. The van der Waals surface area contributed by atoms with Crippen molar-refractivity contribution in [1.82, 2.24) is 0 Å². The second kappa shape index (κ2) is 3.46. The van der Waals surface area contributed by atoms with E-state index in [4.69, 9.17) is 0 Å². The van der Waals surface area contributed by atoms with Crippen molar-refractivity contribution in [3.8, 4) is 0 Å². The molecule has 2 fully saturated rings. The molecule has 2 aliphatic carbocycles. The van der Waals surface area contributed by atoms with Crippen LogP contribution in [0, 0.1) is 0 Å². The van der Waals surface area contributed by atoms with Gasteiger partial charge in [-0.2, -0.15) is 0 Å². The van der Waals surface area contributed by atoms with Crippen molar-refractivity contribution in [3.05, 3.63) is 0 Å². The van der Waals surface area contributed by atoms with Crippen LogP contribution in [0.4, 0.5) is 13.2 Å². The summed E-state index contributed by atoms with van der Waals surface area (Å²) in [5, 5.41) is 0. The maximum absolute atomic E-state index is 11.5. The summed E-state index contributed by atoms with van der Waals surface area (Å²) in [5.41, 5.74) is 0. The van der Waals surface area contributed by atoms with Gasteiger partial charge in [0.2, 0.25) is 0 Å². The van der Waals surface area contributed by atoms with Gasteiger partial charge >= 0.3 is 0 Å². The predicted octanol–water partition coefficient (Wildman–Crippen LogP) is 3.31. The first kappa shape index (κ1) is 8.88. The molecule has 0 aliphatic heterocycles. The minimum atomic E-state index is -2.68. The van der Waals surface area contributed by atoms with Crippen molar-refractivity contribution < 1.29 is 13.2 Å². The lowest BCUT2D eigenvalue weighted by molar-refractivity contribution is -0.117. The molecule has 0 aromatic heterocycles. The molecule has 11 heavy (non-hydrogen) atoms. The van der Waals surface area contributed by atoms with Crippen molar-refractivity contribution >= 4 is 0 Å². The van der Waals surface area contributed by atoms with Crippen LogP contribution >= 0.6 is 0 Å². The fourth-order valence-electron chi connectivity index (χ4n) is 0.838. The largest absolute Gasteiger partial charge is 0.253 e. The maximum Gasteiger partial charge on any atom is 0.253 e. The molecule has 3 heteroatoms. The van der Waals surface area contributed by atoms with E-state index < -0.39 is 24.9 Å². The fraction of sp³-hybridized carbons (Fsp3) is 1.00. The van der Waals surface area contributed by atoms with Gasteiger partial charge in [0.1, 0.15) is 6.17 Å². The van der Waals surface area contributed by atoms with Crippen LogP contribution in [0.2, 0.25) is 0 Å². The van der Waals surface area contributed by atoms with E-state index in [0.29, 0.717) is 0 Å². The summed E-state index contributed by atoms with van der Waals surface area (Å²) < 4.78 is 34.6. The standard InChI is InChI=1S/C4H5F3.C4H8/c5-3-1-4(6,7)2-3;1-2-4-3-1/h3H,1-2H2;1-4H2. The summed E-state index contributed by atoms with van der Waals surface area (Å²) in [7, 11) is 0. The highest BCUT2D eigenvalue weighted by Crippen LogP contribution is 2.39. The lowest BCUT2D eigenvalue weighted by Crippen LogP contribution is -2.36. The lowest BCUT2D eigenvalue weighted by atomic mass is 9.93. The van der Waals surface area contributed by atoms with Gasteiger partial charge in [0.25, 0.3) is 5.92 Å². The number of alkyl halides is 3. The summed E-state index contributed by atoms with van der Waals surface area (Å²) >= 11 is 0. The first-order valence-electron chi connectivity index (χ1n) is 4.12. The van der Waals surface area contributed by atoms with E-state index >= 15 is 0 Å². The second-order valence-corrected chi connectivity index (χ2v) is 3.28. The first-order chi connectivity index (χ1) is 5.10. The first-order valence-corrected chi connectivity index (χ1v) is 4.12. The molecule has 0 heterocycles. The summed E-state index contributed by atoms with van der Waals surface area (Å²) in [6.07, 6.45) is 3.63. The Morgan fingerprint density at radius 3 is 1.27 bits per heavy atom. The average Bonchev–Trinajstić information content (AvgIpc) is 1.52. The highest BCUT2D eigenvalue weighted by Gasteiger charge is 2.45. The maximum atomic E-state index is 11.5. The number of hydrogen-bond donors (Lipinski definition) is 0. The van der Waals surface area contributed by atoms with Gasteiger partial charge in [0.15, 0.2) is 0 Å². The topological polar surface area (TPSA) is 0 Å². The zero-order chi connectivity index (χ0) is 8.32. The number of rotatable bonds is 0. The molecule has 0 unspecified atom stereocenters. The molecule has 0 radical (unpaired) electrons. The third-order valence-corrected chi connectivity index (χ3v) is 2.04. The van der Waals surface area contributed by atoms with Crippen LogP contribution in [-0.4, -0.2) is 12.1 Å². The summed E-state index contributed by atoms with van der Waals surface area (Å²) in [6.45, 7) is 0. The minimum absolute atomic E-state index is 0.562. The third-order valence-electron chi connectivity index (χ3n) is 2.04. The van der Waals surface area contributed by atoms with Crippen LogP contribution in [0.1, 0.15) is 38.5 Å². The van der Waals surface area contributed by atoms with Gasteiger partial charge in [-0.25, -0.2) is 13.2 Å². The van der Waals surface area contributed by atoms with Crippen molar-refractivity contribution in [2.24, 2.45) is 0 Å². The lowest BCUT2D eigenvalue weighted by Gasteiger charge is -2.28. The smallest absolute Gasteiger partial charge is 0.247 e. The van der Waals surface area contributed by atoms with Crippen LogP contribution in [0.15, 0.2) is 0 Å². The molecule has 2 rings (SSSR count). The zero-order valence-electron chi connectivity index (χ0n) is 6.45. The SMILES string of the molecule is C1CCC1.FC1CC(F)(F)C1. The highest BCUT2D eigenvalue weighted by molar-refractivity contribution is 4.85. The van der Waals surface area contributed by atoms with Gasteiger partial charge in [0, 0.05) is 12.8 Å². The fourth-order valence-corrected chi connectivity index (χ4v) is 0.838. The average molecular weight is 166 g/mol. The quantitative estimate of drug-likeness (QED) is 0.518. The molecule has 2 saturated carbocycles. The Labute approximate surface area is 64.8 Å². The molecule has 0 bridgehead atoms. The van der Waals surface area contributed by atoms with Crippen LogP contribution in [0.25, 0.3) is 0 Å². The molecule has 0 N–H and O–H groups in total. The van der Waals surface area contributed by atoms with E-state index in [1.807, 2.05) is 0 Å². The van der Waals surface area contributed by atoms with Gasteiger partial charge in [-0.1, -0.05) is 25.7 Å².